The fraction of sp³-hybridized carbons (Fsp3) is 0.526. The van der Waals surface area contributed by atoms with Gasteiger partial charge in [0.25, 0.3) is 0 Å². The topological polar surface area (TPSA) is 74.5 Å². The molecule has 7 nitrogen and oxygen atoms in total. The summed E-state index contributed by atoms with van der Waals surface area (Å²) in [5, 5.41) is 7.79. The summed E-state index contributed by atoms with van der Waals surface area (Å²) in [6, 6.07) is 7.85. The van der Waals surface area contributed by atoms with Crippen LogP contribution in [0.4, 0.5) is 0 Å². The van der Waals surface area contributed by atoms with Gasteiger partial charge in [0.15, 0.2) is 0 Å². The predicted octanol–water partition coefficient (Wildman–Crippen LogP) is 2.18. The first-order valence-corrected chi connectivity index (χ1v) is 9.86. The molecule has 1 saturated heterocycles. The van der Waals surface area contributed by atoms with E-state index in [-0.39, 0.29) is 5.91 Å². The van der Waals surface area contributed by atoms with Gasteiger partial charge >= 0.3 is 0 Å². The first kappa shape index (κ1) is 18.4. The lowest BCUT2D eigenvalue weighted by molar-refractivity contribution is -0.121. The van der Waals surface area contributed by atoms with E-state index in [0.29, 0.717) is 35.7 Å². The third kappa shape index (κ3) is 5.28. The molecule has 2 aliphatic rings. The van der Waals surface area contributed by atoms with Gasteiger partial charge in [0.1, 0.15) is 0 Å². The average Bonchev–Trinajstić information content (AvgIpc) is 3.37. The second-order valence-corrected chi connectivity index (χ2v) is 7.66. The molecule has 4 rings (SSSR count). The Morgan fingerprint density at radius 1 is 1.15 bits per heavy atom. The number of carbonyl (C=O) groups excluding carboxylic acids is 1. The molecule has 2 fully saturated rings. The summed E-state index contributed by atoms with van der Waals surface area (Å²) >= 11 is 5.91. The van der Waals surface area contributed by atoms with E-state index >= 15 is 0 Å². The van der Waals surface area contributed by atoms with Crippen molar-refractivity contribution < 1.29 is 9.32 Å². The molecule has 0 unspecified atom stereocenters. The van der Waals surface area contributed by atoms with Crippen LogP contribution in [0, 0.1) is 0 Å². The number of benzene rings is 1. The molecule has 0 radical (unpaired) electrons. The molecule has 0 spiro atoms. The fourth-order valence-corrected chi connectivity index (χ4v) is 3.31. The van der Waals surface area contributed by atoms with Gasteiger partial charge in [0.05, 0.1) is 6.54 Å². The Labute approximate surface area is 163 Å². The van der Waals surface area contributed by atoms with Gasteiger partial charge in [-0.1, -0.05) is 16.8 Å². The fourth-order valence-electron chi connectivity index (χ4n) is 3.18. The highest BCUT2D eigenvalue weighted by Gasteiger charge is 2.24. The summed E-state index contributed by atoms with van der Waals surface area (Å²) in [6.45, 7) is 5.25. The lowest BCUT2D eigenvalue weighted by atomic mass is 10.2. The molecular formula is C19H24ClN5O2. The molecule has 1 amide bonds. The van der Waals surface area contributed by atoms with Crippen molar-refractivity contribution in [3.05, 3.63) is 35.2 Å². The van der Waals surface area contributed by atoms with Crippen molar-refractivity contribution in [2.75, 3.05) is 32.7 Å². The van der Waals surface area contributed by atoms with Crippen LogP contribution >= 0.6 is 11.6 Å². The lowest BCUT2D eigenvalue weighted by Crippen LogP contribution is -2.46. The number of hydrogen-bond acceptors (Lipinski definition) is 6. The summed E-state index contributed by atoms with van der Waals surface area (Å²) in [6.07, 6.45) is 2.87. The molecule has 1 N–H and O–H groups in total. The van der Waals surface area contributed by atoms with E-state index in [9.17, 15) is 4.79 Å². The van der Waals surface area contributed by atoms with Gasteiger partial charge in [-0.2, -0.15) is 4.98 Å². The Morgan fingerprint density at radius 3 is 2.56 bits per heavy atom. The molecule has 1 aromatic carbocycles. The maximum absolute atomic E-state index is 11.8. The summed E-state index contributed by atoms with van der Waals surface area (Å²) in [5.74, 6) is 1.39. The second kappa shape index (κ2) is 8.37. The van der Waals surface area contributed by atoms with Crippen LogP contribution in [0.1, 0.15) is 25.2 Å². The first-order chi connectivity index (χ1) is 13.2. The van der Waals surface area contributed by atoms with Gasteiger partial charge in [0, 0.05) is 55.8 Å². The van der Waals surface area contributed by atoms with Gasteiger partial charge in [-0.3, -0.25) is 9.69 Å². The molecule has 27 heavy (non-hydrogen) atoms. The van der Waals surface area contributed by atoms with E-state index in [4.69, 9.17) is 16.1 Å². The Bertz CT molecular complexity index is 767. The van der Waals surface area contributed by atoms with E-state index in [1.165, 1.54) is 0 Å². The number of aromatic nitrogens is 2. The summed E-state index contributed by atoms with van der Waals surface area (Å²) < 4.78 is 5.40. The van der Waals surface area contributed by atoms with Crippen LogP contribution in [0.25, 0.3) is 11.4 Å². The van der Waals surface area contributed by atoms with Gasteiger partial charge in [-0.25, -0.2) is 0 Å². The number of rotatable bonds is 7. The molecule has 2 aromatic rings. The van der Waals surface area contributed by atoms with E-state index in [1.807, 2.05) is 24.3 Å². The molecule has 1 aliphatic carbocycles. The maximum atomic E-state index is 11.8. The highest BCUT2D eigenvalue weighted by Crippen LogP contribution is 2.20. The second-order valence-electron chi connectivity index (χ2n) is 7.23. The molecule has 144 valence electrons. The zero-order valence-corrected chi connectivity index (χ0v) is 16.0. The molecule has 0 atom stereocenters. The van der Waals surface area contributed by atoms with Crippen molar-refractivity contribution in [1.82, 2.24) is 25.3 Å². The van der Waals surface area contributed by atoms with Gasteiger partial charge < -0.3 is 14.7 Å². The predicted molar refractivity (Wildman–Crippen MR) is 102 cm³/mol. The largest absolute Gasteiger partial charge is 0.353 e. The third-order valence-corrected chi connectivity index (χ3v) is 5.24. The van der Waals surface area contributed by atoms with Crippen LogP contribution in [0.5, 0.6) is 0 Å². The van der Waals surface area contributed by atoms with Gasteiger partial charge in [-0.05, 0) is 37.1 Å². The highest BCUT2D eigenvalue weighted by molar-refractivity contribution is 6.30. The minimum absolute atomic E-state index is 0.181. The highest BCUT2D eigenvalue weighted by atomic mass is 35.5. The zero-order valence-electron chi connectivity index (χ0n) is 15.2. The van der Waals surface area contributed by atoms with Crippen molar-refractivity contribution in [2.45, 2.75) is 31.8 Å². The molecule has 1 aliphatic heterocycles. The number of halogens is 1. The number of amides is 1. The molecule has 0 bridgehead atoms. The summed E-state index contributed by atoms with van der Waals surface area (Å²) in [5.41, 5.74) is 0.892. The Hall–Kier alpha value is -1.96. The van der Waals surface area contributed by atoms with Gasteiger partial charge in [0.2, 0.25) is 17.6 Å². The first-order valence-electron chi connectivity index (χ1n) is 9.48. The molecule has 1 aromatic heterocycles. The lowest BCUT2D eigenvalue weighted by Gasteiger charge is -2.33. The van der Waals surface area contributed by atoms with Crippen molar-refractivity contribution in [3.63, 3.8) is 0 Å². The van der Waals surface area contributed by atoms with Crippen LogP contribution in [0.2, 0.25) is 5.02 Å². The minimum Gasteiger partial charge on any atom is -0.353 e. The molecule has 8 heteroatoms. The molecule has 1 saturated carbocycles. The number of carbonyl (C=O) groups is 1. The van der Waals surface area contributed by atoms with Crippen molar-refractivity contribution >= 4 is 17.5 Å². The van der Waals surface area contributed by atoms with E-state index < -0.39 is 0 Å². The summed E-state index contributed by atoms with van der Waals surface area (Å²) in [4.78, 5) is 20.9. The smallest absolute Gasteiger partial charge is 0.241 e. The van der Waals surface area contributed by atoms with E-state index in [1.54, 1.807) is 0 Å². The Balaban J connectivity index is 1.21. The monoisotopic (exact) mass is 389 g/mol. The zero-order chi connectivity index (χ0) is 18.6. The van der Waals surface area contributed by atoms with Crippen LogP contribution in [-0.4, -0.2) is 64.6 Å². The number of hydrogen-bond donors (Lipinski definition) is 1. The third-order valence-electron chi connectivity index (χ3n) is 4.99. The van der Waals surface area contributed by atoms with E-state index in [2.05, 4.69) is 25.3 Å². The molecular weight excluding hydrogens is 366 g/mol. The van der Waals surface area contributed by atoms with E-state index in [0.717, 1.165) is 51.1 Å². The van der Waals surface area contributed by atoms with Crippen molar-refractivity contribution in [2.24, 2.45) is 0 Å². The molecule has 2 heterocycles. The van der Waals surface area contributed by atoms with Crippen LogP contribution < -0.4 is 5.32 Å². The average molecular weight is 390 g/mol. The maximum Gasteiger partial charge on any atom is 0.241 e. The number of nitrogens with one attached hydrogen (secondary N) is 1. The van der Waals surface area contributed by atoms with Crippen LogP contribution in [0.15, 0.2) is 28.8 Å². The minimum atomic E-state index is 0.181. The SMILES string of the molecule is O=C(CCN1CCN(Cc2nc(-c3ccc(Cl)cc3)no2)CC1)NC1CC1. The van der Waals surface area contributed by atoms with Crippen molar-refractivity contribution in [1.29, 1.82) is 0 Å². The van der Waals surface area contributed by atoms with Gasteiger partial charge in [-0.15, -0.1) is 0 Å². The normalized spacial score (nSPS) is 18.6. The quantitative estimate of drug-likeness (QED) is 0.782. The summed E-state index contributed by atoms with van der Waals surface area (Å²) in [7, 11) is 0. The Morgan fingerprint density at radius 2 is 1.85 bits per heavy atom. The number of nitrogens with zero attached hydrogens (tertiary/aromatic N) is 4. The standard InChI is InChI=1S/C19H24ClN5O2/c20-15-3-1-14(2-4-15)19-22-18(27-23-19)13-25-11-9-24(10-12-25)8-7-17(26)21-16-5-6-16/h1-4,16H,5-13H2,(H,21,26). The van der Waals surface area contributed by atoms with Crippen LogP contribution in [0.3, 0.4) is 0 Å². The number of piperazine rings is 1. The van der Waals surface area contributed by atoms with Crippen LogP contribution in [-0.2, 0) is 11.3 Å². The Kier molecular flexibility index (Phi) is 5.71. The van der Waals surface area contributed by atoms with Crippen molar-refractivity contribution in [3.8, 4) is 11.4 Å².